The van der Waals surface area contributed by atoms with Crippen LogP contribution in [-0.4, -0.2) is 30.4 Å². The lowest BCUT2D eigenvalue weighted by molar-refractivity contribution is -0.140. The molecule has 0 radical (unpaired) electrons. The molecule has 11 heteroatoms. The Hall–Kier alpha value is -5.64. The average Bonchev–Trinajstić information content (AvgIpc) is 3.08. The molecule has 1 N–H and O–H groups in total. The zero-order valence-electron chi connectivity index (χ0n) is 23.8. The number of rotatable bonds is 11. The van der Waals surface area contributed by atoms with Crippen LogP contribution < -0.4 is 24.4 Å². The van der Waals surface area contributed by atoms with Crippen molar-refractivity contribution in [3.63, 3.8) is 0 Å². The summed E-state index contributed by atoms with van der Waals surface area (Å²) in [5, 5.41) is 5.00. The number of nitrogens with zero attached hydrogens (tertiary/aromatic N) is 1. The van der Waals surface area contributed by atoms with Crippen molar-refractivity contribution in [3.8, 4) is 23.0 Å². The summed E-state index contributed by atoms with van der Waals surface area (Å²) < 4.78 is 22.7. The minimum atomic E-state index is -1.46. The normalized spacial score (nSPS) is 10.8. The smallest absolute Gasteiger partial charge is 0.343 e. The highest BCUT2D eigenvalue weighted by Gasteiger charge is 2.23. The third-order valence-electron chi connectivity index (χ3n) is 6.12. The maximum atomic E-state index is 13.2. The highest BCUT2D eigenvalue weighted by atomic mass is 35.5. The Labute approximate surface area is 273 Å². The third kappa shape index (κ3) is 8.95. The first-order chi connectivity index (χ1) is 22.3. The summed E-state index contributed by atoms with van der Waals surface area (Å²) in [6.07, 6.45) is -0.203. The van der Waals surface area contributed by atoms with E-state index < -0.39 is 24.1 Å². The monoisotopic (exact) mass is 654 g/mol. The van der Waals surface area contributed by atoms with Crippen molar-refractivity contribution in [1.82, 2.24) is 5.43 Å². The molecule has 0 saturated heterocycles. The summed E-state index contributed by atoms with van der Waals surface area (Å²) in [6.45, 7) is 0. The standard InChI is InChI=1S/C35H24Cl2N2O7/c36-26-12-17-28(18-13-26)44-35(45-29-19-14-27(37)15-20-29)32(40)39-38-22-25-11-16-30(43-33(41)23-7-3-1-4-8-23)21-31(25)46-34(42)24-9-5-2-6-10-24/h1-22,35H,(H,39,40)/b38-22-. The van der Waals surface area contributed by atoms with Gasteiger partial charge in [-0.25, -0.2) is 15.0 Å². The lowest BCUT2D eigenvalue weighted by Crippen LogP contribution is -2.40. The van der Waals surface area contributed by atoms with Crippen LogP contribution >= 0.6 is 23.2 Å². The Morgan fingerprint density at radius 1 is 0.609 bits per heavy atom. The number of hydrogen-bond acceptors (Lipinski definition) is 8. The number of esters is 2. The maximum Gasteiger partial charge on any atom is 0.343 e. The van der Waals surface area contributed by atoms with Crippen LogP contribution in [0.2, 0.25) is 10.0 Å². The van der Waals surface area contributed by atoms with Crippen molar-refractivity contribution < 1.29 is 33.3 Å². The van der Waals surface area contributed by atoms with Crippen LogP contribution in [0.3, 0.4) is 0 Å². The van der Waals surface area contributed by atoms with Gasteiger partial charge in [0.05, 0.1) is 17.3 Å². The molecule has 5 aromatic carbocycles. The molecule has 1 amide bonds. The van der Waals surface area contributed by atoms with Gasteiger partial charge >= 0.3 is 24.1 Å². The van der Waals surface area contributed by atoms with Crippen molar-refractivity contribution in [1.29, 1.82) is 0 Å². The highest BCUT2D eigenvalue weighted by molar-refractivity contribution is 6.30. The predicted molar refractivity (Wildman–Crippen MR) is 173 cm³/mol. The van der Waals surface area contributed by atoms with Gasteiger partial charge in [0.1, 0.15) is 23.0 Å². The lowest BCUT2D eigenvalue weighted by atomic mass is 10.2. The SMILES string of the molecule is O=C(Oc1ccc(/C=N\NC(=O)C(Oc2ccc(Cl)cc2)Oc2ccc(Cl)cc2)c(OC(=O)c2ccccc2)c1)c1ccccc1. The van der Waals surface area contributed by atoms with Crippen molar-refractivity contribution in [2.45, 2.75) is 6.29 Å². The molecule has 0 unspecified atom stereocenters. The fourth-order valence-electron chi connectivity index (χ4n) is 3.87. The number of halogens is 2. The predicted octanol–water partition coefficient (Wildman–Crippen LogP) is 7.37. The first-order valence-corrected chi connectivity index (χ1v) is 14.5. The number of hydrazone groups is 1. The summed E-state index contributed by atoms with van der Waals surface area (Å²) in [7, 11) is 0. The molecule has 46 heavy (non-hydrogen) atoms. The highest BCUT2D eigenvalue weighted by Crippen LogP contribution is 2.26. The number of carbonyl (C=O) groups is 3. The summed E-state index contributed by atoms with van der Waals surface area (Å²) in [4.78, 5) is 38.7. The van der Waals surface area contributed by atoms with Gasteiger partial charge in [-0.3, -0.25) is 4.79 Å². The van der Waals surface area contributed by atoms with E-state index in [0.29, 0.717) is 32.7 Å². The van der Waals surface area contributed by atoms with E-state index in [1.807, 2.05) is 0 Å². The summed E-state index contributed by atoms with van der Waals surface area (Å²) in [6, 6.07) is 33.9. The second kappa shape index (κ2) is 15.4. The number of carbonyl (C=O) groups excluding carboxylic acids is 3. The fourth-order valence-corrected chi connectivity index (χ4v) is 4.12. The topological polar surface area (TPSA) is 113 Å². The zero-order valence-corrected chi connectivity index (χ0v) is 25.4. The fraction of sp³-hybridized carbons (Fsp3) is 0.0286. The van der Waals surface area contributed by atoms with E-state index in [4.69, 9.17) is 42.1 Å². The van der Waals surface area contributed by atoms with Crippen molar-refractivity contribution >= 4 is 47.3 Å². The molecule has 0 aliphatic rings. The number of amides is 1. The molecule has 0 aromatic heterocycles. The van der Waals surface area contributed by atoms with Gasteiger partial charge in [-0.05, 0) is 84.9 Å². The molecule has 0 aliphatic carbocycles. The molecular weight excluding hydrogens is 631 g/mol. The first kappa shape index (κ1) is 31.8. The van der Waals surface area contributed by atoms with Gasteiger partial charge in [-0.2, -0.15) is 5.10 Å². The Morgan fingerprint density at radius 3 is 1.61 bits per heavy atom. The van der Waals surface area contributed by atoms with Crippen LogP contribution in [0.4, 0.5) is 0 Å². The molecule has 230 valence electrons. The van der Waals surface area contributed by atoms with Gasteiger partial charge in [-0.1, -0.05) is 59.6 Å². The summed E-state index contributed by atoms with van der Waals surface area (Å²) >= 11 is 11.9. The van der Waals surface area contributed by atoms with Gasteiger partial charge in [0.15, 0.2) is 0 Å². The molecule has 5 rings (SSSR count). The van der Waals surface area contributed by atoms with Crippen molar-refractivity contribution in [3.05, 3.63) is 154 Å². The van der Waals surface area contributed by atoms with Crippen LogP contribution in [0.15, 0.2) is 132 Å². The molecule has 0 atom stereocenters. The van der Waals surface area contributed by atoms with Gasteiger partial charge < -0.3 is 18.9 Å². The Morgan fingerprint density at radius 2 is 1.09 bits per heavy atom. The van der Waals surface area contributed by atoms with E-state index in [2.05, 4.69) is 10.5 Å². The van der Waals surface area contributed by atoms with Crippen molar-refractivity contribution in [2.24, 2.45) is 5.10 Å². The summed E-state index contributed by atoms with van der Waals surface area (Å²) in [5.74, 6) is -1.22. The van der Waals surface area contributed by atoms with E-state index in [-0.39, 0.29) is 17.1 Å². The van der Waals surface area contributed by atoms with E-state index in [1.54, 1.807) is 109 Å². The van der Waals surface area contributed by atoms with E-state index in [9.17, 15) is 14.4 Å². The lowest BCUT2D eigenvalue weighted by Gasteiger charge is -2.19. The number of benzene rings is 5. The third-order valence-corrected chi connectivity index (χ3v) is 6.63. The van der Waals surface area contributed by atoms with Crippen molar-refractivity contribution in [2.75, 3.05) is 0 Å². The van der Waals surface area contributed by atoms with Crippen LogP contribution in [0, 0.1) is 0 Å². The minimum Gasteiger partial charge on any atom is -0.446 e. The number of hydrogen-bond donors (Lipinski definition) is 1. The summed E-state index contributed by atoms with van der Waals surface area (Å²) in [5.41, 5.74) is 3.31. The van der Waals surface area contributed by atoms with Gasteiger partial charge in [-0.15, -0.1) is 0 Å². The van der Waals surface area contributed by atoms with Crippen LogP contribution in [0.1, 0.15) is 26.3 Å². The Kier molecular flexibility index (Phi) is 10.6. The quantitative estimate of drug-likeness (QED) is 0.0520. The Balaban J connectivity index is 1.35. The van der Waals surface area contributed by atoms with Gasteiger partial charge in [0, 0.05) is 21.7 Å². The largest absolute Gasteiger partial charge is 0.446 e. The molecular formula is C35H24Cl2N2O7. The molecule has 0 spiro atoms. The van der Waals surface area contributed by atoms with Crippen LogP contribution in [0.5, 0.6) is 23.0 Å². The van der Waals surface area contributed by atoms with E-state index in [1.165, 1.54) is 24.4 Å². The van der Waals surface area contributed by atoms with E-state index >= 15 is 0 Å². The van der Waals surface area contributed by atoms with Crippen LogP contribution in [0.25, 0.3) is 0 Å². The van der Waals surface area contributed by atoms with Gasteiger partial charge in [0.25, 0.3) is 0 Å². The Bertz CT molecular complexity index is 1790. The first-order valence-electron chi connectivity index (χ1n) is 13.7. The zero-order chi connectivity index (χ0) is 32.3. The molecule has 9 nitrogen and oxygen atoms in total. The average molecular weight is 655 g/mol. The van der Waals surface area contributed by atoms with Gasteiger partial charge in [0.2, 0.25) is 0 Å². The minimum absolute atomic E-state index is 0.0246. The number of nitrogens with one attached hydrogen (secondary N) is 1. The second-order valence-corrected chi connectivity index (χ2v) is 10.3. The molecule has 0 fully saturated rings. The molecule has 0 heterocycles. The molecule has 0 saturated carbocycles. The van der Waals surface area contributed by atoms with Crippen LogP contribution in [-0.2, 0) is 4.79 Å². The van der Waals surface area contributed by atoms with E-state index in [0.717, 1.165) is 0 Å². The maximum absolute atomic E-state index is 13.2. The molecule has 0 aliphatic heterocycles. The number of ether oxygens (including phenoxy) is 4. The molecule has 5 aromatic rings. The second-order valence-electron chi connectivity index (χ2n) is 9.42. The molecule has 0 bridgehead atoms.